The molecule has 0 bridgehead atoms. The monoisotopic (exact) mass is 195 g/mol. The van der Waals surface area contributed by atoms with Crippen molar-refractivity contribution in [3.8, 4) is 0 Å². The van der Waals surface area contributed by atoms with Crippen LogP contribution in [0.4, 0.5) is 5.69 Å². The molecule has 2 N–H and O–H groups in total. The van der Waals surface area contributed by atoms with Gasteiger partial charge in [0.1, 0.15) is 12.1 Å². The minimum atomic E-state index is -0.841. The Morgan fingerprint density at radius 3 is 3.07 bits per heavy atom. The Labute approximate surface area is 81.0 Å². The van der Waals surface area contributed by atoms with Crippen LogP contribution in [-0.2, 0) is 16.1 Å². The van der Waals surface area contributed by atoms with Gasteiger partial charge >= 0.3 is 5.97 Å². The summed E-state index contributed by atoms with van der Waals surface area (Å²) in [4.78, 5) is 20.4. The molecule has 0 fully saturated rings. The molecule has 1 heterocycles. The number of carbonyl (C=O) groups is 2. The molecule has 5 heteroatoms. The molecule has 0 unspecified atom stereocenters. The lowest BCUT2D eigenvalue weighted by Gasteiger charge is -1.97. The number of nitrogens with one attached hydrogen (secondary N) is 1. The zero-order valence-electron chi connectivity index (χ0n) is 7.51. The van der Waals surface area contributed by atoms with Crippen molar-refractivity contribution in [2.45, 2.75) is 13.0 Å². The van der Waals surface area contributed by atoms with E-state index in [4.69, 9.17) is 5.11 Å². The molecule has 0 aliphatic heterocycles. The van der Waals surface area contributed by atoms with Gasteiger partial charge in [0.15, 0.2) is 18.9 Å². The molecule has 5 nitrogen and oxygen atoms in total. The quantitative estimate of drug-likeness (QED) is 0.514. The van der Waals surface area contributed by atoms with Gasteiger partial charge in [0.25, 0.3) is 0 Å². The lowest BCUT2D eigenvalue weighted by molar-refractivity contribution is -0.695. The maximum Gasteiger partial charge on any atom is 0.309 e. The third-order valence-electron chi connectivity index (χ3n) is 1.67. The van der Waals surface area contributed by atoms with Gasteiger partial charge < -0.3 is 10.4 Å². The van der Waals surface area contributed by atoms with E-state index in [1.807, 2.05) is 0 Å². The van der Waals surface area contributed by atoms with Crippen molar-refractivity contribution in [2.24, 2.45) is 0 Å². The van der Waals surface area contributed by atoms with Crippen molar-refractivity contribution in [2.75, 3.05) is 5.32 Å². The Morgan fingerprint density at radius 1 is 1.64 bits per heavy atom. The fraction of sp³-hybridized carbons (Fsp3) is 0.222. The minimum absolute atomic E-state index is 0.0647. The topological polar surface area (TPSA) is 70.3 Å². The number of carboxylic acids is 1. The second-order valence-corrected chi connectivity index (χ2v) is 2.74. The highest BCUT2D eigenvalue weighted by Gasteiger charge is 2.05. The molecule has 74 valence electrons. The number of nitrogens with zero attached hydrogens (tertiary/aromatic N) is 1. The predicted molar refractivity (Wildman–Crippen MR) is 48.6 cm³/mol. The van der Waals surface area contributed by atoms with E-state index in [0.717, 1.165) is 0 Å². The summed E-state index contributed by atoms with van der Waals surface area (Å²) in [6, 6.07) is 3.47. The smallest absolute Gasteiger partial charge is 0.309 e. The molecular formula is C9H11N2O3+. The Hall–Kier alpha value is -1.91. The Bertz CT molecular complexity index is 339. The summed E-state index contributed by atoms with van der Waals surface area (Å²) in [5, 5.41) is 10.9. The molecular weight excluding hydrogens is 184 g/mol. The predicted octanol–water partition coefficient (Wildman–Crippen LogP) is 0.0171. The van der Waals surface area contributed by atoms with Crippen LogP contribution < -0.4 is 9.88 Å². The van der Waals surface area contributed by atoms with Gasteiger partial charge in [0, 0.05) is 6.07 Å². The van der Waals surface area contributed by atoms with Gasteiger partial charge in [0.2, 0.25) is 6.41 Å². The summed E-state index contributed by atoms with van der Waals surface area (Å²) < 4.78 is 1.71. The van der Waals surface area contributed by atoms with Crippen LogP contribution in [0.5, 0.6) is 0 Å². The van der Waals surface area contributed by atoms with Gasteiger partial charge in [-0.1, -0.05) is 0 Å². The van der Waals surface area contributed by atoms with E-state index in [2.05, 4.69) is 5.32 Å². The second-order valence-electron chi connectivity index (χ2n) is 2.74. The molecule has 0 aromatic carbocycles. The van der Waals surface area contributed by atoms with E-state index in [1.54, 1.807) is 29.1 Å². The molecule has 14 heavy (non-hydrogen) atoms. The first-order valence-corrected chi connectivity index (χ1v) is 4.13. The second kappa shape index (κ2) is 4.96. The zero-order valence-corrected chi connectivity index (χ0v) is 7.51. The van der Waals surface area contributed by atoms with E-state index in [0.29, 0.717) is 18.6 Å². The fourth-order valence-corrected chi connectivity index (χ4v) is 1.04. The largest absolute Gasteiger partial charge is 0.481 e. The van der Waals surface area contributed by atoms with Gasteiger partial charge in [-0.25, -0.2) is 4.57 Å². The SMILES string of the molecule is O=CNc1ccc[n+](CCC(=O)O)c1. The first-order chi connectivity index (χ1) is 6.72. The maximum atomic E-state index is 10.3. The van der Waals surface area contributed by atoms with Crippen molar-refractivity contribution >= 4 is 18.1 Å². The van der Waals surface area contributed by atoms with Crippen molar-refractivity contribution in [1.82, 2.24) is 0 Å². The van der Waals surface area contributed by atoms with Crippen LogP contribution in [0.3, 0.4) is 0 Å². The highest BCUT2D eigenvalue weighted by Crippen LogP contribution is 1.99. The van der Waals surface area contributed by atoms with E-state index in [1.165, 1.54) is 0 Å². The number of amides is 1. The number of carboxylic acid groups (broad SMARTS) is 1. The number of pyridine rings is 1. The average molecular weight is 195 g/mol. The molecule has 1 rings (SSSR count). The first kappa shape index (κ1) is 10.2. The summed E-state index contributed by atoms with van der Waals surface area (Å²) in [5.41, 5.74) is 0.646. The average Bonchev–Trinajstić information content (AvgIpc) is 2.16. The number of carbonyl (C=O) groups excluding carboxylic acids is 1. The van der Waals surface area contributed by atoms with Crippen LogP contribution in [0, 0.1) is 0 Å². The molecule has 0 spiro atoms. The number of hydrogen-bond donors (Lipinski definition) is 2. The Morgan fingerprint density at radius 2 is 2.43 bits per heavy atom. The number of aromatic nitrogens is 1. The summed E-state index contributed by atoms with van der Waals surface area (Å²) in [7, 11) is 0. The summed E-state index contributed by atoms with van der Waals surface area (Å²) in [5.74, 6) is -0.841. The third-order valence-corrected chi connectivity index (χ3v) is 1.67. The van der Waals surface area contributed by atoms with Crippen LogP contribution in [0.2, 0.25) is 0 Å². The van der Waals surface area contributed by atoms with E-state index < -0.39 is 5.97 Å². The number of aryl methyl sites for hydroxylation is 1. The van der Waals surface area contributed by atoms with Crippen LogP contribution in [0.15, 0.2) is 24.5 Å². The minimum Gasteiger partial charge on any atom is -0.481 e. The molecule has 0 aliphatic rings. The van der Waals surface area contributed by atoms with Gasteiger partial charge in [0.05, 0.1) is 0 Å². The highest BCUT2D eigenvalue weighted by atomic mass is 16.4. The normalized spacial score (nSPS) is 9.43. The maximum absolute atomic E-state index is 10.3. The number of hydrogen-bond acceptors (Lipinski definition) is 2. The summed E-state index contributed by atoms with van der Waals surface area (Å²) >= 11 is 0. The van der Waals surface area contributed by atoms with Crippen molar-refractivity contribution < 1.29 is 19.3 Å². The van der Waals surface area contributed by atoms with Crippen LogP contribution >= 0.6 is 0 Å². The molecule has 0 aliphatic carbocycles. The number of rotatable bonds is 5. The van der Waals surface area contributed by atoms with Crippen molar-refractivity contribution in [1.29, 1.82) is 0 Å². The third kappa shape index (κ3) is 3.22. The van der Waals surface area contributed by atoms with Gasteiger partial charge in [-0.3, -0.25) is 9.59 Å². The van der Waals surface area contributed by atoms with Gasteiger partial charge in [-0.2, -0.15) is 0 Å². The van der Waals surface area contributed by atoms with E-state index in [-0.39, 0.29) is 6.42 Å². The lowest BCUT2D eigenvalue weighted by Crippen LogP contribution is -2.34. The molecule has 0 atom stereocenters. The van der Waals surface area contributed by atoms with Crippen LogP contribution in [-0.4, -0.2) is 17.5 Å². The molecule has 0 saturated heterocycles. The number of anilines is 1. The van der Waals surface area contributed by atoms with E-state index in [9.17, 15) is 9.59 Å². The van der Waals surface area contributed by atoms with Gasteiger partial charge in [-0.15, -0.1) is 0 Å². The summed E-state index contributed by atoms with van der Waals surface area (Å²) in [6.45, 7) is 0.393. The van der Waals surface area contributed by atoms with E-state index >= 15 is 0 Å². The molecule has 1 amide bonds. The lowest BCUT2D eigenvalue weighted by atomic mass is 10.4. The van der Waals surface area contributed by atoms with Crippen LogP contribution in [0.1, 0.15) is 6.42 Å². The number of aliphatic carboxylic acids is 1. The highest BCUT2D eigenvalue weighted by molar-refractivity contribution is 5.69. The van der Waals surface area contributed by atoms with Crippen molar-refractivity contribution in [3.05, 3.63) is 24.5 Å². The van der Waals surface area contributed by atoms with Crippen molar-refractivity contribution in [3.63, 3.8) is 0 Å². The van der Waals surface area contributed by atoms with Gasteiger partial charge in [-0.05, 0) is 6.07 Å². The molecule has 0 radical (unpaired) electrons. The summed E-state index contributed by atoms with van der Waals surface area (Å²) in [6.07, 6.45) is 4.07. The molecule has 1 aromatic rings. The Balaban J connectivity index is 2.63. The Kier molecular flexibility index (Phi) is 3.60. The molecule has 1 aromatic heterocycles. The van der Waals surface area contributed by atoms with Crippen LogP contribution in [0.25, 0.3) is 0 Å². The first-order valence-electron chi connectivity index (χ1n) is 4.13. The molecule has 0 saturated carbocycles. The standard InChI is InChI=1S/C9H10N2O3/c12-7-10-8-2-1-4-11(6-8)5-3-9(13)14/h1-2,4,6-7H,3,5H2,(H-,10,12,13,14)/p+1. The zero-order chi connectivity index (χ0) is 10.4. The fourth-order valence-electron chi connectivity index (χ4n) is 1.04.